The third-order valence-corrected chi connectivity index (χ3v) is 3.92. The van der Waals surface area contributed by atoms with Crippen molar-refractivity contribution in [2.45, 2.75) is 26.4 Å². The fourth-order valence-electron chi connectivity index (χ4n) is 2.10. The molecule has 0 bridgehead atoms. The van der Waals surface area contributed by atoms with Crippen LogP contribution in [0.4, 0.5) is 5.69 Å². The van der Waals surface area contributed by atoms with E-state index in [4.69, 9.17) is 11.6 Å². The highest BCUT2D eigenvalue weighted by Crippen LogP contribution is 2.30. The number of aryl methyl sites for hydroxylation is 1. The van der Waals surface area contributed by atoms with Gasteiger partial charge in [-0.3, -0.25) is 4.68 Å². The molecule has 2 aromatic heterocycles. The summed E-state index contributed by atoms with van der Waals surface area (Å²) >= 11 is 7.45. The molecule has 0 spiro atoms. The molecule has 0 saturated carbocycles. The van der Waals surface area contributed by atoms with Crippen LogP contribution in [0.1, 0.15) is 19.0 Å². The molecular formula is C13H14ClN5S. The van der Waals surface area contributed by atoms with Crippen molar-refractivity contribution in [3.63, 3.8) is 0 Å². The van der Waals surface area contributed by atoms with Crippen molar-refractivity contribution in [1.82, 2.24) is 18.5 Å². The number of nitrogens with zero attached hydrogens (tertiary/aromatic N) is 4. The number of benzene rings is 1. The van der Waals surface area contributed by atoms with E-state index >= 15 is 0 Å². The van der Waals surface area contributed by atoms with Crippen molar-refractivity contribution in [2.75, 3.05) is 5.32 Å². The Morgan fingerprint density at radius 1 is 1.30 bits per heavy atom. The molecule has 0 aliphatic heterocycles. The van der Waals surface area contributed by atoms with Crippen molar-refractivity contribution in [1.29, 1.82) is 0 Å². The van der Waals surface area contributed by atoms with E-state index in [9.17, 15) is 0 Å². The zero-order valence-corrected chi connectivity index (χ0v) is 12.6. The monoisotopic (exact) mass is 307 g/mol. The Kier molecular flexibility index (Phi) is 3.84. The summed E-state index contributed by atoms with van der Waals surface area (Å²) in [6, 6.07) is 5.74. The van der Waals surface area contributed by atoms with Crippen LogP contribution in [0.5, 0.6) is 0 Å². The molecule has 104 valence electrons. The van der Waals surface area contributed by atoms with Gasteiger partial charge < -0.3 is 5.32 Å². The smallest absolute Gasteiger partial charge is 0.129 e. The quantitative estimate of drug-likeness (QED) is 0.783. The summed E-state index contributed by atoms with van der Waals surface area (Å²) in [6.45, 7) is 3.72. The first kappa shape index (κ1) is 13.3. The molecule has 0 fully saturated rings. The number of fused-ring (bicyclic) bond motifs is 1. The molecule has 3 rings (SSSR count). The van der Waals surface area contributed by atoms with E-state index < -0.39 is 0 Å². The maximum absolute atomic E-state index is 6.25. The number of halogens is 1. The van der Waals surface area contributed by atoms with Gasteiger partial charge in [0.1, 0.15) is 11.0 Å². The van der Waals surface area contributed by atoms with E-state index in [1.807, 2.05) is 29.1 Å². The molecule has 0 atom stereocenters. The minimum atomic E-state index is 0.659. The van der Waals surface area contributed by atoms with Gasteiger partial charge in [0.15, 0.2) is 0 Å². The van der Waals surface area contributed by atoms with Gasteiger partial charge in [-0.15, -0.1) is 0 Å². The number of hydrogen-bond donors (Lipinski definition) is 1. The molecular weight excluding hydrogens is 294 g/mol. The Hall–Kier alpha value is -1.66. The number of nitrogens with one attached hydrogen (secondary N) is 1. The third-order valence-electron chi connectivity index (χ3n) is 3.06. The van der Waals surface area contributed by atoms with Crippen LogP contribution < -0.4 is 5.32 Å². The van der Waals surface area contributed by atoms with Crippen molar-refractivity contribution >= 4 is 40.0 Å². The molecule has 1 N–H and O–H groups in total. The SMILES string of the molecule is CCCn1nccc1CNc1c(Cl)ccc2nsnc12. The molecule has 1 aromatic carbocycles. The van der Waals surface area contributed by atoms with Crippen LogP contribution in [0.15, 0.2) is 24.4 Å². The molecule has 0 amide bonds. The molecule has 20 heavy (non-hydrogen) atoms. The van der Waals surface area contributed by atoms with Gasteiger partial charge in [-0.1, -0.05) is 18.5 Å². The van der Waals surface area contributed by atoms with E-state index in [0.29, 0.717) is 11.6 Å². The number of rotatable bonds is 5. The van der Waals surface area contributed by atoms with Crippen LogP contribution in [0.3, 0.4) is 0 Å². The van der Waals surface area contributed by atoms with Gasteiger partial charge in [0.05, 0.1) is 34.7 Å². The van der Waals surface area contributed by atoms with Crippen LogP contribution in [-0.2, 0) is 13.1 Å². The summed E-state index contributed by atoms with van der Waals surface area (Å²) in [5.74, 6) is 0. The van der Waals surface area contributed by atoms with Crippen LogP contribution >= 0.6 is 23.3 Å². The molecule has 5 nitrogen and oxygen atoms in total. The highest BCUT2D eigenvalue weighted by atomic mass is 35.5. The molecule has 0 radical (unpaired) electrons. The maximum atomic E-state index is 6.25. The highest BCUT2D eigenvalue weighted by Gasteiger charge is 2.10. The van der Waals surface area contributed by atoms with E-state index in [0.717, 1.165) is 35.4 Å². The molecule has 0 aliphatic carbocycles. The largest absolute Gasteiger partial charge is 0.376 e. The topological polar surface area (TPSA) is 55.6 Å². The minimum absolute atomic E-state index is 0.659. The third kappa shape index (κ3) is 2.48. The summed E-state index contributed by atoms with van der Waals surface area (Å²) in [5, 5.41) is 8.32. The Balaban J connectivity index is 1.84. The molecule has 0 aliphatic rings. The summed E-state index contributed by atoms with van der Waals surface area (Å²) in [5.41, 5.74) is 3.65. The van der Waals surface area contributed by atoms with Gasteiger partial charge in [0.25, 0.3) is 0 Å². The predicted molar refractivity (Wildman–Crippen MR) is 82.3 cm³/mol. The minimum Gasteiger partial charge on any atom is -0.376 e. The molecule has 0 unspecified atom stereocenters. The second-order valence-electron chi connectivity index (χ2n) is 4.45. The zero-order chi connectivity index (χ0) is 13.9. The fraction of sp³-hybridized carbons (Fsp3) is 0.308. The Bertz CT molecular complexity index is 720. The predicted octanol–water partition coefficient (Wildman–Crippen LogP) is 3.56. The second kappa shape index (κ2) is 5.76. The first-order valence-corrected chi connectivity index (χ1v) is 7.55. The fourth-order valence-corrected chi connectivity index (χ4v) is 2.86. The van der Waals surface area contributed by atoms with E-state index in [-0.39, 0.29) is 0 Å². The molecule has 3 aromatic rings. The van der Waals surface area contributed by atoms with Crippen molar-refractivity contribution in [3.8, 4) is 0 Å². The lowest BCUT2D eigenvalue weighted by Crippen LogP contribution is -2.09. The summed E-state index contributed by atoms with van der Waals surface area (Å²) in [6.07, 6.45) is 2.88. The average Bonchev–Trinajstić information content (AvgIpc) is 3.07. The highest BCUT2D eigenvalue weighted by molar-refractivity contribution is 7.00. The number of aromatic nitrogens is 4. The maximum Gasteiger partial charge on any atom is 0.129 e. The van der Waals surface area contributed by atoms with E-state index in [2.05, 4.69) is 26.1 Å². The second-order valence-corrected chi connectivity index (χ2v) is 5.39. The van der Waals surface area contributed by atoms with E-state index in [1.54, 1.807) is 0 Å². The van der Waals surface area contributed by atoms with Gasteiger partial charge in [-0.05, 0) is 24.6 Å². The lowest BCUT2D eigenvalue weighted by molar-refractivity contribution is 0.578. The number of anilines is 1. The average molecular weight is 308 g/mol. The summed E-state index contributed by atoms with van der Waals surface area (Å²) in [7, 11) is 0. The lowest BCUT2D eigenvalue weighted by atomic mass is 10.2. The van der Waals surface area contributed by atoms with Crippen LogP contribution in [0.25, 0.3) is 11.0 Å². The molecule has 0 saturated heterocycles. The van der Waals surface area contributed by atoms with Crippen LogP contribution in [0, 0.1) is 0 Å². The molecule has 2 heterocycles. The van der Waals surface area contributed by atoms with Crippen molar-refractivity contribution in [3.05, 3.63) is 35.1 Å². The first-order chi connectivity index (χ1) is 9.79. The Morgan fingerprint density at radius 3 is 3.05 bits per heavy atom. The standard InChI is InChI=1S/C13H14ClN5S/c1-2-7-19-9(5-6-16-19)8-15-12-10(14)3-4-11-13(12)18-20-17-11/h3-6,15H,2,7-8H2,1H3. The van der Waals surface area contributed by atoms with Gasteiger partial charge >= 0.3 is 0 Å². The summed E-state index contributed by atoms with van der Waals surface area (Å²) < 4.78 is 10.5. The van der Waals surface area contributed by atoms with Gasteiger partial charge in [-0.25, -0.2) is 0 Å². The Labute approximate surface area is 125 Å². The van der Waals surface area contributed by atoms with Crippen molar-refractivity contribution < 1.29 is 0 Å². The molecule has 7 heteroatoms. The van der Waals surface area contributed by atoms with Gasteiger partial charge in [-0.2, -0.15) is 13.8 Å². The number of hydrogen-bond acceptors (Lipinski definition) is 5. The first-order valence-electron chi connectivity index (χ1n) is 6.45. The van der Waals surface area contributed by atoms with Gasteiger partial charge in [0, 0.05) is 12.7 Å². The van der Waals surface area contributed by atoms with E-state index in [1.165, 1.54) is 11.7 Å². The lowest BCUT2D eigenvalue weighted by Gasteiger charge is -2.10. The van der Waals surface area contributed by atoms with Crippen molar-refractivity contribution in [2.24, 2.45) is 0 Å². The zero-order valence-electron chi connectivity index (χ0n) is 11.0. The van der Waals surface area contributed by atoms with Crippen LogP contribution in [0.2, 0.25) is 5.02 Å². The van der Waals surface area contributed by atoms with Gasteiger partial charge in [0.2, 0.25) is 0 Å². The summed E-state index contributed by atoms with van der Waals surface area (Å²) in [4.78, 5) is 0. The van der Waals surface area contributed by atoms with Crippen LogP contribution in [-0.4, -0.2) is 18.5 Å². The Morgan fingerprint density at radius 2 is 2.20 bits per heavy atom. The normalized spacial score (nSPS) is 11.1.